The monoisotopic (exact) mass is 375 g/mol. The third-order valence-electron chi connectivity index (χ3n) is 3.49. The highest BCUT2D eigenvalue weighted by molar-refractivity contribution is 7.98. The van der Waals surface area contributed by atoms with Gasteiger partial charge in [-0.3, -0.25) is 0 Å². The van der Waals surface area contributed by atoms with Gasteiger partial charge in [-0.2, -0.15) is 15.0 Å². The fourth-order valence-electron chi connectivity index (χ4n) is 2.18. The van der Waals surface area contributed by atoms with Crippen molar-refractivity contribution in [2.75, 3.05) is 11.1 Å². The quantitative estimate of drug-likeness (QED) is 0.625. The molecule has 0 spiro atoms. The van der Waals surface area contributed by atoms with Gasteiger partial charge in [0.25, 0.3) is 0 Å². The molecule has 1 aromatic carbocycles. The molecule has 25 heavy (non-hydrogen) atoms. The Hall–Kier alpha value is -2.46. The van der Waals surface area contributed by atoms with E-state index in [0.29, 0.717) is 28.6 Å². The second-order valence-corrected chi connectivity index (χ2v) is 6.87. The number of halogens is 1. The van der Waals surface area contributed by atoms with Crippen molar-refractivity contribution in [3.63, 3.8) is 0 Å². The Morgan fingerprint density at radius 1 is 1.20 bits per heavy atom. The van der Waals surface area contributed by atoms with Gasteiger partial charge in [-0.05, 0) is 47.5 Å². The Morgan fingerprint density at radius 3 is 2.76 bits per heavy atom. The number of anilines is 3. The van der Waals surface area contributed by atoms with Crippen molar-refractivity contribution >= 4 is 40.9 Å². The summed E-state index contributed by atoms with van der Waals surface area (Å²) in [5.41, 5.74) is 6.61. The first-order valence-electron chi connectivity index (χ1n) is 7.61. The van der Waals surface area contributed by atoms with Crippen LogP contribution in [-0.4, -0.2) is 35.2 Å². The van der Waals surface area contributed by atoms with Crippen LogP contribution in [0.4, 0.5) is 17.6 Å². The lowest BCUT2D eigenvalue weighted by Gasteiger charge is -2.07. The van der Waals surface area contributed by atoms with Crippen molar-refractivity contribution in [3.05, 3.63) is 35.1 Å². The number of nitrogens with two attached hydrogens (primary N) is 1. The highest BCUT2D eigenvalue weighted by Gasteiger charge is 2.28. The van der Waals surface area contributed by atoms with E-state index in [4.69, 9.17) is 17.3 Å². The van der Waals surface area contributed by atoms with Gasteiger partial charge in [0.2, 0.25) is 17.1 Å². The lowest BCUT2D eigenvalue weighted by atomic mass is 10.3. The molecule has 128 valence electrons. The summed E-state index contributed by atoms with van der Waals surface area (Å²) in [6.45, 7) is 0. The lowest BCUT2D eigenvalue weighted by molar-refractivity contribution is 0.565. The minimum Gasteiger partial charge on any atom is -0.368 e. The molecule has 0 saturated heterocycles. The van der Waals surface area contributed by atoms with Gasteiger partial charge in [-0.1, -0.05) is 23.4 Å². The van der Waals surface area contributed by atoms with Crippen molar-refractivity contribution < 1.29 is 0 Å². The molecule has 11 heteroatoms. The van der Waals surface area contributed by atoms with Crippen LogP contribution in [0.2, 0.25) is 5.02 Å². The smallest absolute Gasteiger partial charge is 0.232 e. The number of tetrazole rings is 1. The maximum Gasteiger partial charge on any atom is 0.232 e. The summed E-state index contributed by atoms with van der Waals surface area (Å²) in [6, 6.07) is 7.65. The van der Waals surface area contributed by atoms with E-state index in [0.717, 1.165) is 23.7 Å². The Bertz CT molecular complexity index is 878. The topological polar surface area (TPSA) is 120 Å². The standard InChI is InChI=1S/C14H14ClN9S/c15-8-1-3-9(4-2-8)17-13-19-11(18-12(16)20-13)7-25-14-21-22-23-24(14)10-5-6-10/h1-4,10H,5-7H2,(H3,16,17,18,19,20). The first-order chi connectivity index (χ1) is 12.2. The summed E-state index contributed by atoms with van der Waals surface area (Å²) in [7, 11) is 0. The molecule has 3 N–H and O–H groups in total. The normalized spacial score (nSPS) is 13.8. The Labute approximate surface area is 152 Å². The van der Waals surface area contributed by atoms with Gasteiger partial charge >= 0.3 is 0 Å². The molecule has 0 radical (unpaired) electrons. The van der Waals surface area contributed by atoms with E-state index in [1.165, 1.54) is 11.8 Å². The molecule has 0 bridgehead atoms. The van der Waals surface area contributed by atoms with Gasteiger partial charge in [-0.15, -0.1) is 5.10 Å². The minimum atomic E-state index is 0.156. The van der Waals surface area contributed by atoms with Crippen molar-refractivity contribution in [2.45, 2.75) is 29.8 Å². The zero-order valence-electron chi connectivity index (χ0n) is 13.0. The van der Waals surface area contributed by atoms with Gasteiger partial charge < -0.3 is 11.1 Å². The first-order valence-corrected chi connectivity index (χ1v) is 8.97. The average molecular weight is 376 g/mol. The van der Waals surface area contributed by atoms with Crippen LogP contribution in [0.15, 0.2) is 29.4 Å². The number of hydrogen-bond acceptors (Lipinski definition) is 9. The predicted octanol–water partition coefficient (Wildman–Crippen LogP) is 2.46. The van der Waals surface area contributed by atoms with E-state index in [-0.39, 0.29) is 5.95 Å². The van der Waals surface area contributed by atoms with Crippen molar-refractivity contribution in [1.82, 2.24) is 35.2 Å². The van der Waals surface area contributed by atoms with Gasteiger partial charge in [0.15, 0.2) is 0 Å². The van der Waals surface area contributed by atoms with Gasteiger partial charge in [0.05, 0.1) is 11.8 Å². The SMILES string of the molecule is Nc1nc(CSc2nnnn2C2CC2)nc(Nc2ccc(Cl)cc2)n1. The molecule has 1 saturated carbocycles. The summed E-state index contributed by atoms with van der Waals surface area (Å²) in [5, 5.41) is 16.3. The van der Waals surface area contributed by atoms with E-state index >= 15 is 0 Å². The summed E-state index contributed by atoms with van der Waals surface area (Å²) in [5.74, 6) is 1.59. The molecule has 0 atom stereocenters. The van der Waals surface area contributed by atoms with E-state index in [1.54, 1.807) is 12.1 Å². The summed E-state index contributed by atoms with van der Waals surface area (Å²) in [6.07, 6.45) is 2.24. The fraction of sp³-hybridized carbons (Fsp3) is 0.286. The second kappa shape index (κ2) is 6.81. The third kappa shape index (κ3) is 3.97. The van der Waals surface area contributed by atoms with Gasteiger partial charge in [0, 0.05) is 10.7 Å². The Kier molecular flexibility index (Phi) is 4.36. The van der Waals surface area contributed by atoms with Crippen LogP contribution in [0.3, 0.4) is 0 Å². The molecule has 0 amide bonds. The molecule has 3 aromatic rings. The van der Waals surface area contributed by atoms with Crippen LogP contribution in [0.25, 0.3) is 0 Å². The average Bonchev–Trinajstić information content (AvgIpc) is 3.33. The third-order valence-corrected chi connectivity index (χ3v) is 4.67. The molecule has 9 nitrogen and oxygen atoms in total. The van der Waals surface area contributed by atoms with E-state index in [9.17, 15) is 0 Å². The maximum atomic E-state index is 5.88. The van der Waals surface area contributed by atoms with Crippen LogP contribution in [0.5, 0.6) is 0 Å². The maximum absolute atomic E-state index is 5.88. The van der Waals surface area contributed by atoms with E-state index < -0.39 is 0 Å². The van der Waals surface area contributed by atoms with Crippen LogP contribution in [0.1, 0.15) is 24.7 Å². The lowest BCUT2D eigenvalue weighted by Crippen LogP contribution is -2.07. The van der Waals surface area contributed by atoms with Crippen LogP contribution < -0.4 is 11.1 Å². The Morgan fingerprint density at radius 2 is 2.00 bits per heavy atom. The number of aromatic nitrogens is 7. The summed E-state index contributed by atoms with van der Waals surface area (Å²) < 4.78 is 1.85. The van der Waals surface area contributed by atoms with Crippen molar-refractivity contribution in [2.24, 2.45) is 0 Å². The van der Waals surface area contributed by atoms with Crippen molar-refractivity contribution in [1.29, 1.82) is 0 Å². The minimum absolute atomic E-state index is 0.156. The first kappa shape index (κ1) is 16.0. The number of hydrogen-bond donors (Lipinski definition) is 2. The second-order valence-electron chi connectivity index (χ2n) is 5.49. The van der Waals surface area contributed by atoms with Crippen LogP contribution in [0, 0.1) is 0 Å². The fourth-order valence-corrected chi connectivity index (χ4v) is 3.10. The zero-order chi connectivity index (χ0) is 17.2. The summed E-state index contributed by atoms with van der Waals surface area (Å²) in [4.78, 5) is 12.7. The number of nitrogens with zero attached hydrogens (tertiary/aromatic N) is 7. The van der Waals surface area contributed by atoms with Crippen LogP contribution >= 0.6 is 23.4 Å². The molecular formula is C14H14ClN9S. The predicted molar refractivity (Wildman–Crippen MR) is 94.6 cm³/mol. The van der Waals surface area contributed by atoms with E-state index in [2.05, 4.69) is 35.8 Å². The number of rotatable bonds is 6. The van der Waals surface area contributed by atoms with Crippen LogP contribution in [-0.2, 0) is 5.75 Å². The molecule has 1 fully saturated rings. The summed E-state index contributed by atoms with van der Waals surface area (Å²) >= 11 is 7.36. The number of thioether (sulfide) groups is 1. The van der Waals surface area contributed by atoms with Crippen molar-refractivity contribution in [3.8, 4) is 0 Å². The molecule has 2 aromatic heterocycles. The molecule has 1 aliphatic carbocycles. The zero-order valence-corrected chi connectivity index (χ0v) is 14.6. The molecule has 4 rings (SSSR count). The number of benzene rings is 1. The molecular weight excluding hydrogens is 362 g/mol. The van der Waals surface area contributed by atoms with Gasteiger partial charge in [-0.25, -0.2) is 4.68 Å². The molecule has 1 aliphatic rings. The largest absolute Gasteiger partial charge is 0.368 e. The molecule has 2 heterocycles. The highest BCUT2D eigenvalue weighted by atomic mass is 35.5. The number of nitrogens with one attached hydrogen (secondary N) is 1. The number of nitrogen functional groups attached to an aromatic ring is 1. The van der Waals surface area contributed by atoms with Gasteiger partial charge in [0.1, 0.15) is 5.82 Å². The molecule has 0 aliphatic heterocycles. The highest BCUT2D eigenvalue weighted by Crippen LogP contribution is 2.36. The molecule has 0 unspecified atom stereocenters. The Balaban J connectivity index is 1.47. The van der Waals surface area contributed by atoms with E-state index in [1.807, 2.05) is 16.8 Å².